The van der Waals surface area contributed by atoms with Crippen molar-refractivity contribution in [3.8, 4) is 0 Å². The number of alkyl halides is 1. The molecule has 1 aliphatic carbocycles. The van der Waals surface area contributed by atoms with Gasteiger partial charge in [0.05, 0.1) is 6.67 Å². The number of hydrogen-bond donors (Lipinski definition) is 1. The molecule has 0 radical (unpaired) electrons. The second-order valence-electron chi connectivity index (χ2n) is 3.02. The number of rotatable bonds is 3. The van der Waals surface area contributed by atoms with E-state index in [2.05, 4.69) is 6.92 Å². The van der Waals surface area contributed by atoms with Crippen LogP contribution in [0.2, 0.25) is 0 Å². The molecule has 0 aromatic carbocycles. The summed E-state index contributed by atoms with van der Waals surface area (Å²) in [7, 11) is 0. The fraction of sp³-hybridized carbons (Fsp3) is 1.00. The Kier molecular flexibility index (Phi) is 2.06. The van der Waals surface area contributed by atoms with Gasteiger partial charge in [-0.1, -0.05) is 6.92 Å². The predicted octanol–water partition coefficient (Wildman–Crippen LogP) is 1.33. The molecule has 3 unspecified atom stereocenters. The first-order chi connectivity index (χ1) is 4.25. The third-order valence-corrected chi connectivity index (χ3v) is 2.16. The first-order valence-electron chi connectivity index (χ1n) is 3.57. The van der Waals surface area contributed by atoms with Crippen molar-refractivity contribution >= 4 is 0 Å². The summed E-state index contributed by atoms with van der Waals surface area (Å²) in [5.74, 6) is 1.38. The van der Waals surface area contributed by atoms with E-state index in [1.165, 1.54) is 6.42 Å². The fourth-order valence-electron chi connectivity index (χ4n) is 1.29. The van der Waals surface area contributed by atoms with Gasteiger partial charge in [-0.25, -0.2) is 0 Å². The number of hydrogen-bond acceptors (Lipinski definition) is 1. The van der Waals surface area contributed by atoms with Gasteiger partial charge in [-0.15, -0.1) is 0 Å². The third-order valence-electron chi connectivity index (χ3n) is 2.16. The molecule has 0 amide bonds. The van der Waals surface area contributed by atoms with Crippen LogP contribution >= 0.6 is 0 Å². The minimum atomic E-state index is -0.260. The van der Waals surface area contributed by atoms with Crippen LogP contribution in [0.15, 0.2) is 0 Å². The van der Waals surface area contributed by atoms with E-state index >= 15 is 0 Å². The van der Waals surface area contributed by atoms with Gasteiger partial charge in [-0.05, 0) is 24.7 Å². The molecule has 0 aromatic rings. The lowest BCUT2D eigenvalue weighted by molar-refractivity contribution is 0.411. The van der Waals surface area contributed by atoms with Crippen LogP contribution in [0, 0.1) is 11.8 Å². The Morgan fingerprint density at radius 1 is 1.78 bits per heavy atom. The third kappa shape index (κ3) is 1.65. The molecule has 2 heteroatoms. The summed E-state index contributed by atoms with van der Waals surface area (Å²) >= 11 is 0. The van der Waals surface area contributed by atoms with E-state index in [1.807, 2.05) is 0 Å². The van der Waals surface area contributed by atoms with E-state index in [1.54, 1.807) is 0 Å². The highest BCUT2D eigenvalue weighted by molar-refractivity contribution is 4.90. The minimum Gasteiger partial charge on any atom is -0.327 e. The van der Waals surface area contributed by atoms with Gasteiger partial charge in [0.2, 0.25) is 0 Å². The van der Waals surface area contributed by atoms with Crippen molar-refractivity contribution in [1.29, 1.82) is 0 Å². The van der Waals surface area contributed by atoms with Gasteiger partial charge < -0.3 is 5.73 Å². The Morgan fingerprint density at radius 3 is 2.67 bits per heavy atom. The molecule has 0 aromatic heterocycles. The summed E-state index contributed by atoms with van der Waals surface area (Å²) in [6, 6.07) is 0.130. The summed E-state index contributed by atoms with van der Waals surface area (Å²) < 4.78 is 11.7. The van der Waals surface area contributed by atoms with E-state index in [0.29, 0.717) is 12.3 Å². The molecule has 1 nitrogen and oxygen atoms in total. The quantitative estimate of drug-likeness (QED) is 0.614. The van der Waals surface area contributed by atoms with Gasteiger partial charge >= 0.3 is 0 Å². The Hall–Kier alpha value is -0.110. The highest BCUT2D eigenvalue weighted by Crippen LogP contribution is 2.40. The summed E-state index contributed by atoms with van der Waals surface area (Å²) in [5, 5.41) is 0. The molecule has 1 saturated carbocycles. The first kappa shape index (κ1) is 7.00. The zero-order chi connectivity index (χ0) is 6.85. The molecular weight excluding hydrogens is 117 g/mol. The van der Waals surface area contributed by atoms with Crippen molar-refractivity contribution in [3.63, 3.8) is 0 Å². The normalized spacial score (nSPS) is 36.3. The lowest BCUT2D eigenvalue weighted by Crippen LogP contribution is -2.23. The van der Waals surface area contributed by atoms with E-state index in [-0.39, 0.29) is 12.7 Å². The predicted molar refractivity (Wildman–Crippen MR) is 35.8 cm³/mol. The average Bonchev–Trinajstić information content (AvgIpc) is 2.47. The van der Waals surface area contributed by atoms with E-state index in [0.717, 1.165) is 5.92 Å². The zero-order valence-corrected chi connectivity index (χ0v) is 5.81. The van der Waals surface area contributed by atoms with Gasteiger partial charge in [0.15, 0.2) is 0 Å². The maximum Gasteiger partial charge on any atom is 0.0909 e. The fourth-order valence-corrected chi connectivity index (χ4v) is 1.29. The molecule has 1 rings (SSSR count). The minimum absolute atomic E-state index is 0.130. The van der Waals surface area contributed by atoms with Crippen LogP contribution in [-0.2, 0) is 0 Å². The smallest absolute Gasteiger partial charge is 0.0909 e. The van der Waals surface area contributed by atoms with Crippen LogP contribution in [-0.4, -0.2) is 12.7 Å². The molecule has 0 bridgehead atoms. The van der Waals surface area contributed by atoms with E-state index in [9.17, 15) is 4.39 Å². The van der Waals surface area contributed by atoms with Gasteiger partial charge in [-0.2, -0.15) is 0 Å². The molecule has 1 fully saturated rings. The molecule has 9 heavy (non-hydrogen) atoms. The molecular formula is C7H14FN. The van der Waals surface area contributed by atoms with Crippen molar-refractivity contribution in [2.75, 3.05) is 6.67 Å². The summed E-state index contributed by atoms with van der Waals surface area (Å²) in [6.07, 6.45) is 1.76. The van der Waals surface area contributed by atoms with Crippen molar-refractivity contribution < 1.29 is 4.39 Å². The highest BCUT2D eigenvalue weighted by Gasteiger charge is 2.36. The lowest BCUT2D eigenvalue weighted by atomic mass is 10.1. The first-order valence-corrected chi connectivity index (χ1v) is 3.57. The Labute approximate surface area is 55.4 Å². The Morgan fingerprint density at radius 2 is 2.33 bits per heavy atom. The van der Waals surface area contributed by atoms with Gasteiger partial charge in [0, 0.05) is 6.04 Å². The average molecular weight is 131 g/mol. The van der Waals surface area contributed by atoms with E-state index < -0.39 is 0 Å². The van der Waals surface area contributed by atoms with E-state index in [4.69, 9.17) is 5.73 Å². The van der Waals surface area contributed by atoms with Crippen LogP contribution in [0.5, 0.6) is 0 Å². The van der Waals surface area contributed by atoms with Crippen LogP contribution < -0.4 is 5.73 Å². The Bertz CT molecular complexity index is 94.9. The monoisotopic (exact) mass is 131 g/mol. The van der Waals surface area contributed by atoms with Crippen molar-refractivity contribution in [2.45, 2.75) is 25.8 Å². The summed E-state index contributed by atoms with van der Waals surface area (Å²) in [5.41, 5.74) is 5.64. The zero-order valence-electron chi connectivity index (χ0n) is 5.81. The summed E-state index contributed by atoms with van der Waals surface area (Å²) in [4.78, 5) is 0. The highest BCUT2D eigenvalue weighted by atomic mass is 19.1. The Balaban J connectivity index is 2.11. The standard InChI is InChI=1S/C7H14FN/c1-5-4-6(5)7(9)2-3-8/h5-7H,2-4,9H2,1H3. The molecule has 0 spiro atoms. The molecule has 54 valence electrons. The van der Waals surface area contributed by atoms with Crippen LogP contribution in [0.25, 0.3) is 0 Å². The molecule has 0 saturated heterocycles. The topological polar surface area (TPSA) is 26.0 Å². The van der Waals surface area contributed by atoms with Crippen LogP contribution in [0.3, 0.4) is 0 Å². The maximum atomic E-state index is 11.7. The molecule has 2 N–H and O–H groups in total. The van der Waals surface area contributed by atoms with Gasteiger partial charge in [0.25, 0.3) is 0 Å². The molecule has 0 aliphatic heterocycles. The maximum absolute atomic E-state index is 11.7. The van der Waals surface area contributed by atoms with Crippen molar-refractivity contribution in [1.82, 2.24) is 0 Å². The lowest BCUT2D eigenvalue weighted by Gasteiger charge is -2.05. The van der Waals surface area contributed by atoms with Crippen molar-refractivity contribution in [2.24, 2.45) is 17.6 Å². The largest absolute Gasteiger partial charge is 0.327 e. The SMILES string of the molecule is CC1CC1C(N)CCF. The number of nitrogens with two attached hydrogens (primary N) is 1. The van der Waals surface area contributed by atoms with Gasteiger partial charge in [-0.3, -0.25) is 4.39 Å². The molecule has 3 atom stereocenters. The molecule has 0 heterocycles. The van der Waals surface area contributed by atoms with Gasteiger partial charge in [0.1, 0.15) is 0 Å². The molecule has 1 aliphatic rings. The second kappa shape index (κ2) is 2.65. The van der Waals surface area contributed by atoms with Crippen LogP contribution in [0.4, 0.5) is 4.39 Å². The van der Waals surface area contributed by atoms with Crippen LogP contribution in [0.1, 0.15) is 19.8 Å². The second-order valence-corrected chi connectivity index (χ2v) is 3.02. The van der Waals surface area contributed by atoms with Crippen molar-refractivity contribution in [3.05, 3.63) is 0 Å². The number of halogens is 1. The summed E-state index contributed by atoms with van der Waals surface area (Å²) in [6.45, 7) is 1.91.